The molecule has 2 saturated carbocycles. The molecule has 2 fully saturated rings. The molecule has 2 aromatic carbocycles. The lowest BCUT2D eigenvalue weighted by Gasteiger charge is -2.40. The van der Waals surface area contributed by atoms with Crippen LogP contribution in [0.25, 0.3) is 0 Å². The van der Waals surface area contributed by atoms with Crippen LogP contribution in [0.2, 0.25) is 0 Å². The summed E-state index contributed by atoms with van der Waals surface area (Å²) in [5.41, 5.74) is 4.38. The van der Waals surface area contributed by atoms with Gasteiger partial charge in [-0.15, -0.1) is 0 Å². The number of nitrogens with zero attached hydrogens (tertiary/aromatic N) is 1. The molecule has 0 aromatic heterocycles. The number of fused-ring (bicyclic) bond motifs is 9. The monoisotopic (exact) mass is 371 g/mol. The van der Waals surface area contributed by atoms with E-state index in [0.717, 1.165) is 35.5 Å². The second-order valence-electron chi connectivity index (χ2n) is 9.62. The second-order valence-corrected chi connectivity index (χ2v) is 9.62. The van der Waals surface area contributed by atoms with Crippen LogP contribution in [-0.2, 0) is 10.3 Å². The fourth-order valence-corrected chi connectivity index (χ4v) is 6.62. The van der Waals surface area contributed by atoms with E-state index in [2.05, 4.69) is 43.5 Å². The van der Waals surface area contributed by atoms with Crippen molar-refractivity contribution in [3.05, 3.63) is 54.1 Å². The van der Waals surface area contributed by atoms with E-state index >= 15 is 0 Å². The van der Waals surface area contributed by atoms with E-state index in [9.17, 15) is 4.79 Å². The van der Waals surface area contributed by atoms with Gasteiger partial charge in [0.25, 0.3) is 5.91 Å². The molecule has 28 heavy (non-hydrogen) atoms. The Morgan fingerprint density at radius 3 is 2.54 bits per heavy atom. The first-order chi connectivity index (χ1) is 13.4. The molecule has 1 spiro atoms. The van der Waals surface area contributed by atoms with E-state index in [-0.39, 0.29) is 22.7 Å². The minimum atomic E-state index is -0.803. The molecule has 6 rings (SSSR count). The SMILES string of the molecule is CC12CCC(C3C1=Nc1ccccc1NC31C(=O)Nc3ccccc31)C2(C)C. The second kappa shape index (κ2) is 4.86. The average molecular weight is 371 g/mol. The van der Waals surface area contributed by atoms with Crippen molar-refractivity contribution in [1.82, 2.24) is 0 Å². The molecular formula is C24H25N3O. The molecule has 4 heteroatoms. The van der Waals surface area contributed by atoms with Gasteiger partial charge in [-0.2, -0.15) is 0 Å². The highest BCUT2D eigenvalue weighted by Crippen LogP contribution is 2.71. The zero-order valence-electron chi connectivity index (χ0n) is 16.5. The Labute approximate surface area is 165 Å². The summed E-state index contributed by atoms with van der Waals surface area (Å²) < 4.78 is 0. The minimum Gasteiger partial charge on any atom is -0.365 e. The first kappa shape index (κ1) is 16.3. The molecule has 2 heterocycles. The van der Waals surface area contributed by atoms with Gasteiger partial charge in [-0.3, -0.25) is 9.79 Å². The molecule has 2 aliphatic heterocycles. The van der Waals surface area contributed by atoms with Gasteiger partial charge in [0.15, 0.2) is 5.54 Å². The van der Waals surface area contributed by atoms with Crippen molar-refractivity contribution in [2.45, 2.75) is 39.2 Å². The van der Waals surface area contributed by atoms with Crippen LogP contribution in [0.3, 0.4) is 0 Å². The van der Waals surface area contributed by atoms with Crippen LogP contribution in [0, 0.1) is 22.7 Å². The summed E-state index contributed by atoms with van der Waals surface area (Å²) in [5, 5.41) is 6.90. The predicted molar refractivity (Wildman–Crippen MR) is 112 cm³/mol. The van der Waals surface area contributed by atoms with Gasteiger partial charge in [0.1, 0.15) is 0 Å². The molecule has 4 aliphatic rings. The third-order valence-corrected chi connectivity index (χ3v) is 8.47. The first-order valence-electron chi connectivity index (χ1n) is 10.3. The summed E-state index contributed by atoms with van der Waals surface area (Å²) in [6.07, 6.45) is 2.28. The predicted octanol–water partition coefficient (Wildman–Crippen LogP) is 5.10. The summed E-state index contributed by atoms with van der Waals surface area (Å²) in [6.45, 7) is 7.12. The summed E-state index contributed by atoms with van der Waals surface area (Å²) in [7, 11) is 0. The molecule has 0 radical (unpaired) electrons. The van der Waals surface area contributed by atoms with Crippen molar-refractivity contribution in [2.75, 3.05) is 10.6 Å². The topological polar surface area (TPSA) is 53.5 Å². The number of hydrogen-bond acceptors (Lipinski definition) is 3. The fourth-order valence-electron chi connectivity index (χ4n) is 6.62. The van der Waals surface area contributed by atoms with Crippen LogP contribution in [0.1, 0.15) is 39.2 Å². The molecule has 4 unspecified atom stereocenters. The van der Waals surface area contributed by atoms with Gasteiger partial charge in [-0.1, -0.05) is 51.1 Å². The van der Waals surface area contributed by atoms with E-state index in [1.165, 1.54) is 5.71 Å². The number of carbonyl (C=O) groups excluding carboxylic acids is 1. The lowest BCUT2D eigenvalue weighted by Crippen LogP contribution is -2.53. The van der Waals surface area contributed by atoms with E-state index in [4.69, 9.17) is 4.99 Å². The summed E-state index contributed by atoms with van der Waals surface area (Å²) in [5.74, 6) is 0.516. The van der Waals surface area contributed by atoms with E-state index in [1.807, 2.05) is 36.4 Å². The molecule has 1 amide bonds. The number of nitrogens with one attached hydrogen (secondary N) is 2. The standard InChI is InChI=1S/C24H25N3O/c1-22(2)15-12-13-23(22,3)20-19(15)24(27-18-11-7-6-10-17(18)25-20)14-8-4-5-9-16(14)26-21(24)28/h4-11,15,19,27H,12-13H2,1-3H3,(H,26,28). The van der Waals surface area contributed by atoms with Gasteiger partial charge in [0.2, 0.25) is 0 Å². The van der Waals surface area contributed by atoms with Gasteiger partial charge in [-0.05, 0) is 42.4 Å². The van der Waals surface area contributed by atoms with E-state index < -0.39 is 5.54 Å². The number of amides is 1. The number of benzene rings is 2. The molecule has 4 nitrogen and oxygen atoms in total. The van der Waals surface area contributed by atoms with Crippen LogP contribution < -0.4 is 10.6 Å². The van der Waals surface area contributed by atoms with Gasteiger partial charge in [0.05, 0.1) is 11.4 Å². The van der Waals surface area contributed by atoms with E-state index in [1.54, 1.807) is 0 Å². The Morgan fingerprint density at radius 1 is 1.00 bits per heavy atom. The number of rotatable bonds is 0. The molecule has 2 aromatic rings. The molecule has 2 N–H and O–H groups in total. The molecule has 4 atom stereocenters. The normalized spacial score (nSPS) is 36.1. The molecular weight excluding hydrogens is 346 g/mol. The lowest BCUT2D eigenvalue weighted by molar-refractivity contribution is -0.121. The Kier molecular flexibility index (Phi) is 2.84. The smallest absolute Gasteiger partial charge is 0.255 e. The zero-order valence-corrected chi connectivity index (χ0v) is 16.5. The van der Waals surface area contributed by atoms with Gasteiger partial charge in [-0.25, -0.2) is 0 Å². The third-order valence-electron chi connectivity index (χ3n) is 8.47. The van der Waals surface area contributed by atoms with Crippen LogP contribution in [0.4, 0.5) is 17.1 Å². The van der Waals surface area contributed by atoms with Gasteiger partial charge in [0, 0.05) is 28.3 Å². The quantitative estimate of drug-likeness (QED) is 0.676. The molecule has 142 valence electrons. The summed E-state index contributed by atoms with van der Waals surface area (Å²) >= 11 is 0. The fraction of sp³-hybridized carbons (Fsp3) is 0.417. The van der Waals surface area contributed by atoms with Crippen molar-refractivity contribution in [3.8, 4) is 0 Å². The Morgan fingerprint density at radius 2 is 1.71 bits per heavy atom. The number of para-hydroxylation sites is 3. The van der Waals surface area contributed by atoms with Crippen LogP contribution >= 0.6 is 0 Å². The van der Waals surface area contributed by atoms with Crippen LogP contribution in [0.15, 0.2) is 53.5 Å². The first-order valence-corrected chi connectivity index (χ1v) is 10.3. The maximum absolute atomic E-state index is 13.7. The minimum absolute atomic E-state index is 0.00623. The highest BCUT2D eigenvalue weighted by Gasteiger charge is 2.72. The third kappa shape index (κ3) is 1.61. The Bertz CT molecular complexity index is 1070. The summed E-state index contributed by atoms with van der Waals surface area (Å²) in [4.78, 5) is 18.9. The highest BCUT2D eigenvalue weighted by atomic mass is 16.2. The number of aliphatic imine (C=N–C) groups is 1. The van der Waals surface area contributed by atoms with E-state index in [0.29, 0.717) is 5.92 Å². The Hall–Kier alpha value is -2.62. The van der Waals surface area contributed by atoms with Crippen LogP contribution in [0.5, 0.6) is 0 Å². The highest BCUT2D eigenvalue weighted by molar-refractivity contribution is 6.14. The molecule has 0 saturated heterocycles. The van der Waals surface area contributed by atoms with Crippen molar-refractivity contribution >= 4 is 28.7 Å². The maximum Gasteiger partial charge on any atom is 0.255 e. The van der Waals surface area contributed by atoms with Crippen molar-refractivity contribution in [3.63, 3.8) is 0 Å². The number of hydrogen-bond donors (Lipinski definition) is 2. The number of carbonyl (C=O) groups is 1. The summed E-state index contributed by atoms with van der Waals surface area (Å²) in [6, 6.07) is 16.3. The number of anilines is 2. The van der Waals surface area contributed by atoms with Gasteiger partial charge >= 0.3 is 0 Å². The largest absolute Gasteiger partial charge is 0.365 e. The lowest BCUT2D eigenvalue weighted by atomic mass is 9.67. The maximum atomic E-state index is 13.7. The Balaban J connectivity index is 1.71. The zero-order chi connectivity index (χ0) is 19.3. The molecule has 2 bridgehead atoms. The van der Waals surface area contributed by atoms with Crippen molar-refractivity contribution < 1.29 is 4.79 Å². The van der Waals surface area contributed by atoms with Gasteiger partial charge < -0.3 is 10.6 Å². The van der Waals surface area contributed by atoms with Crippen molar-refractivity contribution in [1.29, 1.82) is 0 Å². The van der Waals surface area contributed by atoms with Crippen molar-refractivity contribution in [2.24, 2.45) is 27.7 Å². The molecule has 2 aliphatic carbocycles. The average Bonchev–Trinajstić information content (AvgIpc) is 3.07. The van der Waals surface area contributed by atoms with Crippen LogP contribution in [-0.4, -0.2) is 11.6 Å².